The fourth-order valence-corrected chi connectivity index (χ4v) is 5.13. The van der Waals surface area contributed by atoms with E-state index in [1.165, 1.54) is 12.7 Å². The largest absolute Gasteiger partial charge is 0.495 e. The zero-order valence-corrected chi connectivity index (χ0v) is 15.7. The van der Waals surface area contributed by atoms with Gasteiger partial charge in [-0.2, -0.15) is 0 Å². The van der Waals surface area contributed by atoms with Crippen LogP contribution in [-0.4, -0.2) is 21.6 Å². The third kappa shape index (κ3) is 4.07. The number of hydrogen-bond acceptors (Lipinski definition) is 3. The number of methoxy groups -OCH3 is 1. The summed E-state index contributed by atoms with van der Waals surface area (Å²) in [6, 6.07) is 3.62. The Bertz CT molecular complexity index is 642. The number of fused-ring (bicyclic) bond motifs is 1. The second-order valence-electron chi connectivity index (χ2n) is 7.11. The van der Waals surface area contributed by atoms with Gasteiger partial charge in [-0.05, 0) is 60.8 Å². The van der Waals surface area contributed by atoms with Crippen LogP contribution < -0.4 is 9.46 Å². The van der Waals surface area contributed by atoms with E-state index < -0.39 is 10.0 Å². The van der Waals surface area contributed by atoms with E-state index in [1.54, 1.807) is 0 Å². The molecule has 0 spiro atoms. The van der Waals surface area contributed by atoms with Crippen LogP contribution in [0, 0.1) is 11.8 Å². The van der Waals surface area contributed by atoms with Crippen LogP contribution in [0.4, 0.5) is 0 Å². The van der Waals surface area contributed by atoms with Crippen molar-refractivity contribution in [2.75, 3.05) is 7.11 Å². The van der Waals surface area contributed by atoms with E-state index in [1.807, 2.05) is 39.8 Å². The Morgan fingerprint density at radius 1 is 1.00 bits per heavy atom. The Labute approximate surface area is 140 Å². The molecule has 0 saturated heterocycles. The van der Waals surface area contributed by atoms with Crippen molar-refractivity contribution in [1.82, 2.24) is 4.72 Å². The summed E-state index contributed by atoms with van der Waals surface area (Å²) in [4.78, 5) is 0.270. The molecule has 1 aliphatic rings. The van der Waals surface area contributed by atoms with E-state index >= 15 is 0 Å². The van der Waals surface area contributed by atoms with E-state index in [0.29, 0.717) is 5.75 Å². The van der Waals surface area contributed by atoms with Gasteiger partial charge in [0.15, 0.2) is 0 Å². The van der Waals surface area contributed by atoms with Gasteiger partial charge in [-0.15, -0.1) is 0 Å². The maximum absolute atomic E-state index is 12.9. The molecule has 23 heavy (non-hydrogen) atoms. The number of hydrogen-bond donors (Lipinski definition) is 1. The van der Waals surface area contributed by atoms with Crippen LogP contribution in [-0.2, 0) is 22.9 Å². The lowest BCUT2D eigenvalue weighted by Crippen LogP contribution is -2.42. The van der Waals surface area contributed by atoms with Gasteiger partial charge >= 0.3 is 0 Å². The maximum atomic E-state index is 12.9. The quantitative estimate of drug-likeness (QED) is 0.862. The molecule has 5 heteroatoms. The third-order valence-corrected chi connectivity index (χ3v) is 6.13. The van der Waals surface area contributed by atoms with Crippen LogP contribution in [0.2, 0.25) is 0 Å². The summed E-state index contributed by atoms with van der Waals surface area (Å²) >= 11 is 0. The number of sulfonamides is 1. The van der Waals surface area contributed by atoms with E-state index in [4.69, 9.17) is 4.74 Å². The molecule has 0 bridgehead atoms. The fraction of sp³-hybridized carbons (Fsp3) is 0.667. The fourth-order valence-electron chi connectivity index (χ4n) is 3.39. The summed E-state index contributed by atoms with van der Waals surface area (Å²) < 4.78 is 34.1. The normalized spacial score (nSPS) is 15.3. The van der Waals surface area contributed by atoms with Gasteiger partial charge in [0.05, 0.1) is 7.11 Å². The van der Waals surface area contributed by atoms with Crippen molar-refractivity contribution in [3.05, 3.63) is 23.3 Å². The molecule has 0 fully saturated rings. The molecule has 1 aromatic rings. The zero-order valence-electron chi connectivity index (χ0n) is 14.8. The highest BCUT2D eigenvalue weighted by Crippen LogP contribution is 2.32. The van der Waals surface area contributed by atoms with Gasteiger partial charge in [0, 0.05) is 6.04 Å². The standard InChI is InChI=1S/C18H29NO3S/c1-12(2)18(13(3)4)19-23(20,21)17-11-15-9-7-6-8-14(15)10-16(17)22-5/h10-13,18-19H,6-9H2,1-5H3. The van der Waals surface area contributed by atoms with E-state index in [2.05, 4.69) is 4.72 Å². The number of aryl methyl sites for hydroxylation is 2. The molecule has 0 aromatic heterocycles. The Balaban J connectivity index is 2.42. The number of ether oxygens (including phenoxy) is 1. The van der Waals surface area contributed by atoms with Gasteiger partial charge < -0.3 is 4.74 Å². The van der Waals surface area contributed by atoms with Crippen molar-refractivity contribution in [2.24, 2.45) is 11.8 Å². The molecule has 0 atom stereocenters. The van der Waals surface area contributed by atoms with Crippen molar-refractivity contribution < 1.29 is 13.2 Å². The Hall–Kier alpha value is -1.07. The molecular weight excluding hydrogens is 310 g/mol. The lowest BCUT2D eigenvalue weighted by atomic mass is 9.92. The molecular formula is C18H29NO3S. The van der Waals surface area contributed by atoms with Crippen LogP contribution in [0.15, 0.2) is 17.0 Å². The molecule has 0 radical (unpaired) electrons. The molecule has 1 N–H and O–H groups in total. The average molecular weight is 340 g/mol. The average Bonchev–Trinajstić information content (AvgIpc) is 2.50. The minimum absolute atomic E-state index is 0.0965. The predicted octanol–water partition coefficient (Wildman–Crippen LogP) is 3.53. The van der Waals surface area contributed by atoms with Crippen molar-refractivity contribution >= 4 is 10.0 Å². The predicted molar refractivity (Wildman–Crippen MR) is 93.4 cm³/mol. The molecule has 0 heterocycles. The summed E-state index contributed by atoms with van der Waals surface area (Å²) in [6.45, 7) is 8.16. The zero-order chi connectivity index (χ0) is 17.2. The monoisotopic (exact) mass is 339 g/mol. The SMILES string of the molecule is COc1cc2c(cc1S(=O)(=O)NC(C(C)C)C(C)C)CCCC2. The highest BCUT2D eigenvalue weighted by molar-refractivity contribution is 7.89. The minimum atomic E-state index is -3.60. The first-order valence-corrected chi connectivity index (χ1v) is 9.96. The minimum Gasteiger partial charge on any atom is -0.495 e. The molecule has 1 aromatic carbocycles. The first-order chi connectivity index (χ1) is 10.8. The van der Waals surface area contributed by atoms with Gasteiger partial charge in [0.25, 0.3) is 0 Å². The topological polar surface area (TPSA) is 55.4 Å². The van der Waals surface area contributed by atoms with Gasteiger partial charge in [-0.3, -0.25) is 0 Å². The first-order valence-electron chi connectivity index (χ1n) is 8.48. The summed E-state index contributed by atoms with van der Waals surface area (Å²) in [7, 11) is -2.07. The van der Waals surface area contributed by atoms with E-state index in [9.17, 15) is 8.42 Å². The van der Waals surface area contributed by atoms with Crippen molar-refractivity contribution in [3.63, 3.8) is 0 Å². The molecule has 1 aliphatic carbocycles. The van der Waals surface area contributed by atoms with Crippen molar-refractivity contribution in [3.8, 4) is 5.75 Å². The van der Waals surface area contributed by atoms with Gasteiger partial charge in [0.2, 0.25) is 10.0 Å². The summed E-state index contributed by atoms with van der Waals surface area (Å²) in [6.07, 6.45) is 4.22. The summed E-state index contributed by atoms with van der Waals surface area (Å²) in [5.74, 6) is 0.909. The van der Waals surface area contributed by atoms with Crippen molar-refractivity contribution in [2.45, 2.75) is 64.3 Å². The van der Waals surface area contributed by atoms with Crippen LogP contribution >= 0.6 is 0 Å². The van der Waals surface area contributed by atoms with Crippen LogP contribution in [0.5, 0.6) is 5.75 Å². The smallest absolute Gasteiger partial charge is 0.244 e. The highest BCUT2D eigenvalue weighted by Gasteiger charge is 2.28. The number of nitrogens with one attached hydrogen (secondary N) is 1. The van der Waals surface area contributed by atoms with Crippen LogP contribution in [0.1, 0.15) is 51.7 Å². The lowest BCUT2D eigenvalue weighted by Gasteiger charge is -2.27. The van der Waals surface area contributed by atoms with Gasteiger partial charge in [-0.1, -0.05) is 27.7 Å². The Kier molecular flexibility index (Phi) is 5.74. The molecule has 2 rings (SSSR count). The molecule has 0 aliphatic heterocycles. The summed E-state index contributed by atoms with van der Waals surface area (Å²) in [5.41, 5.74) is 2.36. The third-order valence-electron chi connectivity index (χ3n) is 4.65. The van der Waals surface area contributed by atoms with Crippen LogP contribution in [0.25, 0.3) is 0 Å². The Morgan fingerprint density at radius 3 is 2.00 bits per heavy atom. The van der Waals surface area contributed by atoms with Crippen molar-refractivity contribution in [1.29, 1.82) is 0 Å². The molecule has 0 saturated carbocycles. The summed E-state index contributed by atoms with van der Waals surface area (Å²) in [5, 5.41) is 0. The molecule has 130 valence electrons. The molecule has 0 amide bonds. The van der Waals surface area contributed by atoms with Gasteiger partial charge in [0.1, 0.15) is 10.6 Å². The second-order valence-corrected chi connectivity index (χ2v) is 8.80. The number of benzene rings is 1. The van der Waals surface area contributed by atoms with E-state index in [0.717, 1.165) is 31.2 Å². The first kappa shape index (κ1) is 18.3. The van der Waals surface area contributed by atoms with Gasteiger partial charge in [-0.25, -0.2) is 13.1 Å². The van der Waals surface area contributed by atoms with Crippen LogP contribution in [0.3, 0.4) is 0 Å². The Morgan fingerprint density at radius 2 is 1.52 bits per heavy atom. The van der Waals surface area contributed by atoms with E-state index in [-0.39, 0.29) is 22.8 Å². The lowest BCUT2D eigenvalue weighted by molar-refractivity contribution is 0.354. The number of rotatable bonds is 6. The molecule has 0 unspecified atom stereocenters. The maximum Gasteiger partial charge on any atom is 0.244 e. The second kappa shape index (κ2) is 7.22. The molecule has 4 nitrogen and oxygen atoms in total. The highest BCUT2D eigenvalue weighted by atomic mass is 32.2.